The van der Waals surface area contributed by atoms with Crippen LogP contribution in [0.5, 0.6) is 0 Å². The van der Waals surface area contributed by atoms with Gasteiger partial charge in [0.2, 0.25) is 0 Å². The molecule has 3 heteroatoms. The highest BCUT2D eigenvalue weighted by Crippen LogP contribution is 2.71. The maximum Gasteiger partial charge on any atom is 0.164 e. The molecule has 2 bridgehead atoms. The van der Waals surface area contributed by atoms with Gasteiger partial charge >= 0.3 is 0 Å². The first-order valence-electron chi connectivity index (χ1n) is 6.91. The van der Waals surface area contributed by atoms with Crippen molar-refractivity contribution in [1.29, 1.82) is 0 Å². The molecule has 0 spiro atoms. The van der Waals surface area contributed by atoms with Crippen LogP contribution in [0.4, 0.5) is 8.78 Å². The quantitative estimate of drug-likeness (QED) is 0.814. The van der Waals surface area contributed by atoms with Crippen LogP contribution >= 0.6 is 0 Å². The third-order valence-electron chi connectivity index (χ3n) is 5.91. The lowest BCUT2D eigenvalue weighted by Crippen LogP contribution is -2.52. The number of halogens is 2. The SMILES string of the molecule is CC12CCC(C1)C(C)(C)C2(O)c1cccc(F)c1F. The van der Waals surface area contributed by atoms with Gasteiger partial charge in [0, 0.05) is 16.4 Å². The highest BCUT2D eigenvalue weighted by molar-refractivity contribution is 5.34. The molecule has 3 rings (SSSR count). The van der Waals surface area contributed by atoms with Gasteiger partial charge in [0.1, 0.15) is 5.60 Å². The maximum atomic E-state index is 14.2. The van der Waals surface area contributed by atoms with Gasteiger partial charge in [0.15, 0.2) is 11.6 Å². The van der Waals surface area contributed by atoms with Crippen LogP contribution in [0.25, 0.3) is 0 Å². The van der Waals surface area contributed by atoms with Crippen LogP contribution in [0.15, 0.2) is 18.2 Å². The van der Waals surface area contributed by atoms with Crippen LogP contribution in [-0.2, 0) is 5.60 Å². The average molecular weight is 266 g/mol. The summed E-state index contributed by atoms with van der Waals surface area (Å²) in [4.78, 5) is 0. The molecule has 0 aromatic heterocycles. The third-order valence-corrected chi connectivity index (χ3v) is 5.91. The summed E-state index contributed by atoms with van der Waals surface area (Å²) in [6, 6.07) is 4.12. The molecular weight excluding hydrogens is 246 g/mol. The molecule has 0 aliphatic heterocycles. The standard InChI is InChI=1S/C16H20F2O/c1-14(2)10-7-8-15(3,9-10)16(14,19)11-5-4-6-12(17)13(11)18/h4-6,10,19H,7-9H2,1-3H3. The second-order valence-corrected chi connectivity index (χ2v) is 7.03. The van der Waals surface area contributed by atoms with Crippen LogP contribution in [-0.4, -0.2) is 5.11 Å². The van der Waals surface area contributed by atoms with Crippen molar-refractivity contribution in [3.8, 4) is 0 Å². The molecule has 2 aliphatic carbocycles. The van der Waals surface area contributed by atoms with Gasteiger partial charge in [-0.3, -0.25) is 0 Å². The smallest absolute Gasteiger partial charge is 0.164 e. The number of benzene rings is 1. The molecule has 0 amide bonds. The lowest BCUT2D eigenvalue weighted by Gasteiger charge is -2.51. The van der Waals surface area contributed by atoms with Crippen molar-refractivity contribution >= 4 is 0 Å². The van der Waals surface area contributed by atoms with E-state index in [-0.39, 0.29) is 11.0 Å². The van der Waals surface area contributed by atoms with Crippen molar-refractivity contribution in [2.75, 3.05) is 0 Å². The predicted octanol–water partition coefficient (Wildman–Crippen LogP) is 4.00. The summed E-state index contributed by atoms with van der Waals surface area (Å²) in [6.45, 7) is 5.96. The van der Waals surface area contributed by atoms with Crippen molar-refractivity contribution in [3.63, 3.8) is 0 Å². The van der Waals surface area contributed by atoms with Crippen LogP contribution in [0, 0.1) is 28.4 Å². The monoisotopic (exact) mass is 266 g/mol. The molecular formula is C16H20F2O. The van der Waals surface area contributed by atoms with Crippen LogP contribution in [0.2, 0.25) is 0 Å². The fourth-order valence-corrected chi connectivity index (χ4v) is 4.71. The molecule has 1 aromatic rings. The molecule has 0 saturated heterocycles. The molecule has 104 valence electrons. The fraction of sp³-hybridized carbons (Fsp3) is 0.625. The lowest BCUT2D eigenvalue weighted by molar-refractivity contribution is -0.153. The average Bonchev–Trinajstić information content (AvgIpc) is 2.81. The molecule has 0 radical (unpaired) electrons. The summed E-state index contributed by atoms with van der Waals surface area (Å²) < 4.78 is 27.7. The number of rotatable bonds is 1. The number of hydrogen-bond acceptors (Lipinski definition) is 1. The summed E-state index contributed by atoms with van der Waals surface area (Å²) >= 11 is 0. The lowest BCUT2D eigenvalue weighted by atomic mass is 9.57. The predicted molar refractivity (Wildman–Crippen MR) is 69.5 cm³/mol. The maximum absolute atomic E-state index is 14.2. The Labute approximate surface area is 112 Å². The summed E-state index contributed by atoms with van der Waals surface area (Å²) in [5, 5.41) is 11.3. The normalized spacial score (nSPS) is 39.8. The van der Waals surface area contributed by atoms with E-state index in [0.717, 1.165) is 25.3 Å². The summed E-state index contributed by atoms with van der Waals surface area (Å²) in [5.41, 5.74) is -1.97. The zero-order chi connectivity index (χ0) is 14.1. The van der Waals surface area contributed by atoms with E-state index in [9.17, 15) is 13.9 Å². The van der Waals surface area contributed by atoms with E-state index in [4.69, 9.17) is 0 Å². The Morgan fingerprint density at radius 1 is 1.21 bits per heavy atom. The van der Waals surface area contributed by atoms with Gasteiger partial charge in [-0.2, -0.15) is 0 Å². The second kappa shape index (κ2) is 3.57. The number of fused-ring (bicyclic) bond motifs is 2. The van der Waals surface area contributed by atoms with Crippen molar-refractivity contribution in [2.45, 2.75) is 45.6 Å². The molecule has 3 unspecified atom stereocenters. The van der Waals surface area contributed by atoms with Crippen LogP contribution < -0.4 is 0 Å². The summed E-state index contributed by atoms with van der Waals surface area (Å²) in [5.74, 6) is -1.41. The van der Waals surface area contributed by atoms with Gasteiger partial charge < -0.3 is 5.11 Å². The van der Waals surface area contributed by atoms with E-state index in [1.165, 1.54) is 12.1 Å². The molecule has 3 atom stereocenters. The molecule has 1 N–H and O–H groups in total. The van der Waals surface area contributed by atoms with Gasteiger partial charge in [-0.15, -0.1) is 0 Å². The van der Waals surface area contributed by atoms with E-state index in [1.807, 2.05) is 20.8 Å². The van der Waals surface area contributed by atoms with Crippen LogP contribution in [0.3, 0.4) is 0 Å². The first-order valence-corrected chi connectivity index (χ1v) is 6.91. The van der Waals surface area contributed by atoms with E-state index >= 15 is 0 Å². The second-order valence-electron chi connectivity index (χ2n) is 7.03. The van der Waals surface area contributed by atoms with Crippen molar-refractivity contribution < 1.29 is 13.9 Å². The van der Waals surface area contributed by atoms with E-state index in [1.54, 1.807) is 0 Å². The fourth-order valence-electron chi connectivity index (χ4n) is 4.71. The van der Waals surface area contributed by atoms with Crippen molar-refractivity contribution in [3.05, 3.63) is 35.4 Å². The molecule has 0 heterocycles. The first-order chi connectivity index (χ1) is 8.74. The molecule has 2 fully saturated rings. The number of hydrogen-bond donors (Lipinski definition) is 1. The summed E-state index contributed by atoms with van der Waals surface area (Å²) in [7, 11) is 0. The van der Waals surface area contributed by atoms with Crippen LogP contribution in [0.1, 0.15) is 45.6 Å². The Morgan fingerprint density at radius 3 is 2.47 bits per heavy atom. The Morgan fingerprint density at radius 2 is 1.89 bits per heavy atom. The molecule has 2 aliphatic rings. The minimum Gasteiger partial charge on any atom is -0.384 e. The zero-order valence-electron chi connectivity index (χ0n) is 11.6. The molecule has 19 heavy (non-hydrogen) atoms. The highest BCUT2D eigenvalue weighted by atomic mass is 19.2. The Hall–Kier alpha value is -0.960. The van der Waals surface area contributed by atoms with E-state index in [0.29, 0.717) is 5.92 Å². The Bertz CT molecular complexity index is 533. The van der Waals surface area contributed by atoms with E-state index in [2.05, 4.69) is 0 Å². The minimum atomic E-state index is -1.30. The minimum absolute atomic E-state index is 0.127. The van der Waals surface area contributed by atoms with Gasteiger partial charge in [0.25, 0.3) is 0 Å². The zero-order valence-corrected chi connectivity index (χ0v) is 11.6. The largest absolute Gasteiger partial charge is 0.384 e. The Balaban J connectivity index is 2.25. The van der Waals surface area contributed by atoms with Gasteiger partial charge in [-0.25, -0.2) is 8.78 Å². The van der Waals surface area contributed by atoms with Gasteiger partial charge in [-0.1, -0.05) is 32.9 Å². The summed E-state index contributed by atoms with van der Waals surface area (Å²) in [6.07, 6.45) is 2.81. The highest BCUT2D eigenvalue weighted by Gasteiger charge is 2.69. The molecule has 2 saturated carbocycles. The molecule has 1 nitrogen and oxygen atoms in total. The number of aliphatic hydroxyl groups is 1. The molecule has 1 aromatic carbocycles. The first kappa shape index (κ1) is 13.0. The van der Waals surface area contributed by atoms with Gasteiger partial charge in [-0.05, 0) is 31.2 Å². The topological polar surface area (TPSA) is 20.2 Å². The Kier molecular flexibility index (Phi) is 2.45. The van der Waals surface area contributed by atoms with Crippen molar-refractivity contribution in [1.82, 2.24) is 0 Å². The van der Waals surface area contributed by atoms with Crippen molar-refractivity contribution in [2.24, 2.45) is 16.7 Å². The van der Waals surface area contributed by atoms with Gasteiger partial charge in [0.05, 0.1) is 0 Å². The third kappa shape index (κ3) is 1.32. The van der Waals surface area contributed by atoms with E-state index < -0.39 is 22.7 Å².